The molecule has 0 aromatic heterocycles. The minimum atomic E-state index is 0.328. The van der Waals surface area contributed by atoms with Crippen LogP contribution in [-0.4, -0.2) is 7.05 Å². The van der Waals surface area contributed by atoms with Crippen molar-refractivity contribution in [2.75, 3.05) is 11.9 Å². The zero-order valence-corrected chi connectivity index (χ0v) is 8.55. The number of allylic oxidation sites excluding steroid dienone is 1. The van der Waals surface area contributed by atoms with Gasteiger partial charge in [0.15, 0.2) is 0 Å². The highest BCUT2D eigenvalue weighted by Crippen LogP contribution is 2.37. The number of para-hydroxylation sites is 1. The summed E-state index contributed by atoms with van der Waals surface area (Å²) < 4.78 is 0. The van der Waals surface area contributed by atoms with Crippen LogP contribution in [0.5, 0.6) is 0 Å². The highest BCUT2D eigenvalue weighted by atomic mass is 35.5. The van der Waals surface area contributed by atoms with Crippen molar-refractivity contribution in [1.82, 2.24) is 0 Å². The summed E-state index contributed by atoms with van der Waals surface area (Å²) in [6.45, 7) is 2.13. The van der Waals surface area contributed by atoms with Crippen molar-refractivity contribution >= 4 is 17.3 Å². The molecular formula is C11H12ClN. The molecule has 1 aromatic carbocycles. The van der Waals surface area contributed by atoms with Gasteiger partial charge in [-0.15, -0.1) is 0 Å². The van der Waals surface area contributed by atoms with Crippen LogP contribution in [-0.2, 0) is 0 Å². The van der Waals surface area contributed by atoms with Crippen molar-refractivity contribution in [2.45, 2.75) is 12.8 Å². The van der Waals surface area contributed by atoms with Gasteiger partial charge in [-0.1, -0.05) is 36.7 Å². The number of anilines is 1. The summed E-state index contributed by atoms with van der Waals surface area (Å²) in [5, 5.41) is 0.904. The Morgan fingerprint density at radius 1 is 1.31 bits per heavy atom. The molecule has 0 saturated carbocycles. The van der Waals surface area contributed by atoms with Crippen LogP contribution in [0.4, 0.5) is 5.69 Å². The SMILES string of the molecule is CC1C(Cl)=CN(C)c2ccccc21. The lowest BCUT2D eigenvalue weighted by molar-refractivity contribution is 0.901. The Balaban J connectivity index is 2.55. The highest BCUT2D eigenvalue weighted by Gasteiger charge is 2.19. The second-order valence-electron chi connectivity index (χ2n) is 3.41. The Labute approximate surface area is 83.6 Å². The van der Waals surface area contributed by atoms with E-state index in [4.69, 9.17) is 11.6 Å². The van der Waals surface area contributed by atoms with E-state index in [1.165, 1.54) is 11.3 Å². The van der Waals surface area contributed by atoms with Crippen LogP contribution >= 0.6 is 11.6 Å². The molecule has 2 rings (SSSR count). The van der Waals surface area contributed by atoms with Crippen LogP contribution in [0.3, 0.4) is 0 Å². The van der Waals surface area contributed by atoms with Crippen LogP contribution in [0.25, 0.3) is 0 Å². The lowest BCUT2D eigenvalue weighted by Crippen LogP contribution is -2.17. The fourth-order valence-electron chi connectivity index (χ4n) is 1.69. The first-order valence-electron chi connectivity index (χ1n) is 4.39. The van der Waals surface area contributed by atoms with E-state index in [0.717, 1.165) is 5.03 Å². The van der Waals surface area contributed by atoms with Gasteiger partial charge in [0.1, 0.15) is 0 Å². The number of benzene rings is 1. The summed E-state index contributed by atoms with van der Waals surface area (Å²) in [5.74, 6) is 0.328. The highest BCUT2D eigenvalue weighted by molar-refractivity contribution is 6.30. The van der Waals surface area contributed by atoms with E-state index in [1.807, 2.05) is 13.2 Å². The molecule has 1 aromatic rings. The molecule has 0 bridgehead atoms. The van der Waals surface area contributed by atoms with Crippen molar-refractivity contribution in [3.05, 3.63) is 41.1 Å². The molecule has 1 heterocycles. The molecule has 0 fully saturated rings. The molecular weight excluding hydrogens is 182 g/mol. The second-order valence-corrected chi connectivity index (χ2v) is 3.84. The molecule has 1 aliphatic heterocycles. The van der Waals surface area contributed by atoms with Gasteiger partial charge in [-0.3, -0.25) is 0 Å². The Morgan fingerprint density at radius 2 is 2.00 bits per heavy atom. The molecule has 2 heteroatoms. The fourth-order valence-corrected chi connectivity index (χ4v) is 1.95. The maximum Gasteiger partial charge on any atom is 0.0442 e. The van der Waals surface area contributed by atoms with E-state index in [-0.39, 0.29) is 0 Å². The van der Waals surface area contributed by atoms with Crippen LogP contribution in [0.1, 0.15) is 18.4 Å². The van der Waals surface area contributed by atoms with Crippen LogP contribution < -0.4 is 4.90 Å². The molecule has 13 heavy (non-hydrogen) atoms. The van der Waals surface area contributed by atoms with Crippen LogP contribution in [0.2, 0.25) is 0 Å². The first-order chi connectivity index (χ1) is 6.20. The molecule has 1 unspecified atom stereocenters. The van der Waals surface area contributed by atoms with Gasteiger partial charge in [0, 0.05) is 29.9 Å². The summed E-state index contributed by atoms with van der Waals surface area (Å²) in [5.41, 5.74) is 2.55. The van der Waals surface area contributed by atoms with Gasteiger partial charge in [-0.25, -0.2) is 0 Å². The van der Waals surface area contributed by atoms with Gasteiger partial charge in [0.2, 0.25) is 0 Å². The standard InChI is InChI=1S/C11H12ClN/c1-8-9-5-3-4-6-11(9)13(2)7-10(8)12/h3-8H,1-2H3. The molecule has 1 aliphatic rings. The predicted molar refractivity (Wildman–Crippen MR) is 57.2 cm³/mol. The Kier molecular flexibility index (Phi) is 2.04. The number of fused-ring (bicyclic) bond motifs is 1. The normalized spacial score (nSPS) is 21.0. The van der Waals surface area contributed by atoms with Crippen LogP contribution in [0.15, 0.2) is 35.5 Å². The van der Waals surface area contributed by atoms with Gasteiger partial charge in [-0.2, -0.15) is 0 Å². The van der Waals surface area contributed by atoms with E-state index in [2.05, 4.69) is 36.1 Å². The first-order valence-corrected chi connectivity index (χ1v) is 4.77. The van der Waals surface area contributed by atoms with Crippen molar-refractivity contribution in [1.29, 1.82) is 0 Å². The number of hydrogen-bond donors (Lipinski definition) is 0. The maximum atomic E-state index is 6.11. The van der Waals surface area contributed by atoms with Gasteiger partial charge >= 0.3 is 0 Å². The van der Waals surface area contributed by atoms with Gasteiger partial charge in [0.25, 0.3) is 0 Å². The Bertz CT molecular complexity index is 357. The number of halogens is 1. The summed E-state index contributed by atoms with van der Waals surface area (Å²) in [4.78, 5) is 2.07. The van der Waals surface area contributed by atoms with E-state index < -0.39 is 0 Å². The molecule has 0 saturated heterocycles. The fraction of sp³-hybridized carbons (Fsp3) is 0.273. The average molecular weight is 194 g/mol. The summed E-state index contributed by atoms with van der Waals surface area (Å²) in [7, 11) is 2.02. The Morgan fingerprint density at radius 3 is 2.77 bits per heavy atom. The first kappa shape index (κ1) is 8.64. The molecule has 0 N–H and O–H groups in total. The Hall–Kier alpha value is -0.950. The van der Waals surface area contributed by atoms with Crippen molar-refractivity contribution < 1.29 is 0 Å². The average Bonchev–Trinajstić information content (AvgIpc) is 2.15. The van der Waals surface area contributed by atoms with E-state index >= 15 is 0 Å². The summed E-state index contributed by atoms with van der Waals surface area (Å²) >= 11 is 6.11. The smallest absolute Gasteiger partial charge is 0.0442 e. The quantitative estimate of drug-likeness (QED) is 0.611. The van der Waals surface area contributed by atoms with Gasteiger partial charge in [0.05, 0.1) is 0 Å². The van der Waals surface area contributed by atoms with Gasteiger partial charge in [-0.05, 0) is 11.6 Å². The lowest BCUT2D eigenvalue weighted by atomic mass is 9.96. The van der Waals surface area contributed by atoms with E-state index in [1.54, 1.807) is 0 Å². The number of nitrogens with zero attached hydrogens (tertiary/aromatic N) is 1. The van der Waals surface area contributed by atoms with Crippen molar-refractivity contribution in [3.8, 4) is 0 Å². The molecule has 0 aliphatic carbocycles. The summed E-state index contributed by atoms with van der Waals surface area (Å²) in [6, 6.07) is 8.35. The molecule has 68 valence electrons. The molecule has 0 radical (unpaired) electrons. The third-order valence-corrected chi connectivity index (χ3v) is 2.94. The molecule has 0 spiro atoms. The number of rotatable bonds is 0. The second kappa shape index (κ2) is 3.08. The van der Waals surface area contributed by atoms with Gasteiger partial charge < -0.3 is 4.90 Å². The largest absolute Gasteiger partial charge is 0.350 e. The van der Waals surface area contributed by atoms with E-state index in [9.17, 15) is 0 Å². The number of hydrogen-bond acceptors (Lipinski definition) is 1. The maximum absolute atomic E-state index is 6.11. The third kappa shape index (κ3) is 1.33. The van der Waals surface area contributed by atoms with E-state index in [0.29, 0.717) is 5.92 Å². The molecule has 1 atom stereocenters. The molecule has 1 nitrogen and oxygen atoms in total. The lowest BCUT2D eigenvalue weighted by Gasteiger charge is -2.27. The van der Waals surface area contributed by atoms with Crippen molar-refractivity contribution in [3.63, 3.8) is 0 Å². The minimum Gasteiger partial charge on any atom is -0.350 e. The topological polar surface area (TPSA) is 3.24 Å². The third-order valence-electron chi connectivity index (χ3n) is 2.51. The molecule has 0 amide bonds. The zero-order chi connectivity index (χ0) is 9.42. The predicted octanol–water partition coefficient (Wildman–Crippen LogP) is 3.32. The zero-order valence-electron chi connectivity index (χ0n) is 7.79. The summed E-state index contributed by atoms with van der Waals surface area (Å²) in [6.07, 6.45) is 1.98. The minimum absolute atomic E-state index is 0.328. The monoisotopic (exact) mass is 193 g/mol. The van der Waals surface area contributed by atoms with Crippen molar-refractivity contribution in [2.24, 2.45) is 0 Å². The van der Waals surface area contributed by atoms with Crippen LogP contribution in [0, 0.1) is 0 Å².